The molecule has 0 atom stereocenters. The first-order valence-corrected chi connectivity index (χ1v) is 5.65. The predicted octanol–water partition coefficient (Wildman–Crippen LogP) is 2.11. The molecule has 2 aromatic rings. The highest BCUT2D eigenvalue weighted by atomic mass is 19.1. The second-order valence-corrected chi connectivity index (χ2v) is 3.84. The monoisotopic (exact) mass is 234 g/mol. The van der Waals surface area contributed by atoms with Gasteiger partial charge in [-0.3, -0.25) is 10.1 Å². The number of nitrogens with zero attached hydrogens (tertiary/aromatic N) is 2. The van der Waals surface area contributed by atoms with Crippen molar-refractivity contribution >= 4 is 0 Å². The van der Waals surface area contributed by atoms with E-state index in [2.05, 4.69) is 27.4 Å². The minimum Gasteiger partial charge on any atom is -0.313 e. The van der Waals surface area contributed by atoms with Crippen molar-refractivity contribution in [3.8, 4) is 11.3 Å². The molecule has 0 amide bonds. The summed E-state index contributed by atoms with van der Waals surface area (Å²) in [7, 11) is 0. The van der Waals surface area contributed by atoms with E-state index in [4.69, 9.17) is 0 Å². The van der Waals surface area contributed by atoms with Crippen LogP contribution in [-0.2, 0) is 6.54 Å². The summed E-state index contributed by atoms with van der Waals surface area (Å²) in [5.41, 5.74) is 2.56. The zero-order chi connectivity index (χ0) is 12.1. The van der Waals surface area contributed by atoms with Crippen LogP contribution >= 0.6 is 0 Å². The van der Waals surface area contributed by atoms with Gasteiger partial charge < -0.3 is 5.32 Å². The molecule has 2 aromatic heterocycles. The molecular formula is C12H15FN4. The molecule has 90 valence electrons. The molecule has 17 heavy (non-hydrogen) atoms. The average molecular weight is 234 g/mol. The first-order valence-electron chi connectivity index (χ1n) is 5.65. The summed E-state index contributed by atoms with van der Waals surface area (Å²) in [6.07, 6.45) is 5.65. The molecule has 0 saturated heterocycles. The smallest absolute Gasteiger partial charge is 0.142 e. The number of hydrogen-bond acceptors (Lipinski definition) is 3. The molecule has 0 aliphatic rings. The van der Waals surface area contributed by atoms with Gasteiger partial charge in [0.15, 0.2) is 0 Å². The number of aromatic nitrogens is 3. The molecule has 2 rings (SSSR count). The first-order chi connectivity index (χ1) is 8.31. The molecule has 0 aliphatic heterocycles. The van der Waals surface area contributed by atoms with E-state index in [1.807, 2.05) is 0 Å². The summed E-state index contributed by atoms with van der Waals surface area (Å²) in [5, 5.41) is 10.2. The van der Waals surface area contributed by atoms with Crippen molar-refractivity contribution in [3.05, 3.63) is 36.0 Å². The number of halogens is 1. The lowest BCUT2D eigenvalue weighted by Crippen LogP contribution is -2.13. The number of aromatic amines is 1. The van der Waals surface area contributed by atoms with Crippen molar-refractivity contribution in [2.75, 3.05) is 6.54 Å². The van der Waals surface area contributed by atoms with Crippen LogP contribution in [0.2, 0.25) is 0 Å². The van der Waals surface area contributed by atoms with Gasteiger partial charge in [0.05, 0.1) is 18.1 Å². The van der Waals surface area contributed by atoms with E-state index in [0.717, 1.165) is 36.3 Å². The van der Waals surface area contributed by atoms with Gasteiger partial charge in [-0.15, -0.1) is 0 Å². The minimum atomic E-state index is -0.343. The van der Waals surface area contributed by atoms with Crippen molar-refractivity contribution in [1.82, 2.24) is 20.5 Å². The molecule has 0 aliphatic carbocycles. The van der Waals surface area contributed by atoms with E-state index in [0.29, 0.717) is 0 Å². The second-order valence-electron chi connectivity index (χ2n) is 3.84. The maximum Gasteiger partial charge on any atom is 0.142 e. The van der Waals surface area contributed by atoms with Crippen LogP contribution in [0, 0.1) is 5.82 Å². The van der Waals surface area contributed by atoms with Gasteiger partial charge in [0.25, 0.3) is 0 Å². The Balaban J connectivity index is 2.18. The summed E-state index contributed by atoms with van der Waals surface area (Å²) in [5.74, 6) is -0.343. The molecule has 0 fully saturated rings. The fourth-order valence-electron chi connectivity index (χ4n) is 1.64. The Bertz CT molecular complexity index is 481. The Labute approximate surface area is 99.3 Å². The highest BCUT2D eigenvalue weighted by Crippen LogP contribution is 2.20. The van der Waals surface area contributed by atoms with Gasteiger partial charge in [-0.05, 0) is 19.0 Å². The van der Waals surface area contributed by atoms with Crippen LogP contribution in [0.4, 0.5) is 4.39 Å². The summed E-state index contributed by atoms with van der Waals surface area (Å²) in [6.45, 7) is 3.78. The lowest BCUT2D eigenvalue weighted by molar-refractivity contribution is 0.622. The van der Waals surface area contributed by atoms with E-state index in [1.165, 1.54) is 12.3 Å². The van der Waals surface area contributed by atoms with Crippen molar-refractivity contribution < 1.29 is 4.39 Å². The van der Waals surface area contributed by atoms with Crippen LogP contribution in [0.15, 0.2) is 24.7 Å². The molecule has 5 heteroatoms. The lowest BCUT2D eigenvalue weighted by Gasteiger charge is -2.04. The van der Waals surface area contributed by atoms with Gasteiger partial charge in [-0.1, -0.05) is 6.92 Å². The van der Waals surface area contributed by atoms with Gasteiger partial charge in [0, 0.05) is 23.9 Å². The third kappa shape index (κ3) is 2.88. The van der Waals surface area contributed by atoms with Gasteiger partial charge in [0.2, 0.25) is 0 Å². The van der Waals surface area contributed by atoms with Gasteiger partial charge >= 0.3 is 0 Å². The van der Waals surface area contributed by atoms with Crippen molar-refractivity contribution in [1.29, 1.82) is 0 Å². The number of hydrogen-bond donors (Lipinski definition) is 2. The Morgan fingerprint density at radius 1 is 1.35 bits per heavy atom. The molecule has 0 aromatic carbocycles. The standard InChI is InChI=1S/C12H15FN4/c1-2-3-14-6-10-7-16-17-12(10)9-4-11(13)8-15-5-9/h4-5,7-8,14H,2-3,6H2,1H3,(H,16,17). The molecule has 2 heterocycles. The first kappa shape index (κ1) is 11.7. The molecule has 0 saturated carbocycles. The fourth-order valence-corrected chi connectivity index (χ4v) is 1.64. The van der Waals surface area contributed by atoms with Gasteiger partial charge in [-0.2, -0.15) is 5.10 Å². The van der Waals surface area contributed by atoms with E-state index in [9.17, 15) is 4.39 Å². The van der Waals surface area contributed by atoms with Crippen LogP contribution in [-0.4, -0.2) is 21.7 Å². The molecule has 4 nitrogen and oxygen atoms in total. The van der Waals surface area contributed by atoms with Crippen molar-refractivity contribution in [2.24, 2.45) is 0 Å². The summed E-state index contributed by atoms with van der Waals surface area (Å²) in [4.78, 5) is 3.83. The quantitative estimate of drug-likeness (QED) is 0.779. The van der Waals surface area contributed by atoms with Crippen LogP contribution in [0.1, 0.15) is 18.9 Å². The van der Waals surface area contributed by atoms with Crippen molar-refractivity contribution in [3.63, 3.8) is 0 Å². The molecule has 0 bridgehead atoms. The highest BCUT2D eigenvalue weighted by Gasteiger charge is 2.08. The molecule has 2 N–H and O–H groups in total. The minimum absolute atomic E-state index is 0.343. The number of rotatable bonds is 5. The fraction of sp³-hybridized carbons (Fsp3) is 0.333. The number of pyridine rings is 1. The summed E-state index contributed by atoms with van der Waals surface area (Å²) < 4.78 is 13.1. The van der Waals surface area contributed by atoms with Crippen LogP contribution in [0.5, 0.6) is 0 Å². The Kier molecular flexibility index (Phi) is 3.82. The maximum atomic E-state index is 13.1. The predicted molar refractivity (Wildman–Crippen MR) is 63.8 cm³/mol. The maximum absolute atomic E-state index is 13.1. The third-order valence-electron chi connectivity index (χ3n) is 2.45. The van der Waals surface area contributed by atoms with E-state index in [1.54, 1.807) is 12.4 Å². The second kappa shape index (κ2) is 5.54. The Morgan fingerprint density at radius 3 is 3.00 bits per heavy atom. The van der Waals surface area contributed by atoms with Gasteiger partial charge in [0.1, 0.15) is 5.82 Å². The zero-order valence-corrected chi connectivity index (χ0v) is 9.70. The molecule has 0 radical (unpaired) electrons. The van der Waals surface area contributed by atoms with Gasteiger partial charge in [-0.25, -0.2) is 4.39 Å². The largest absolute Gasteiger partial charge is 0.313 e. The normalized spacial score (nSPS) is 10.7. The Hall–Kier alpha value is -1.75. The van der Waals surface area contributed by atoms with E-state index >= 15 is 0 Å². The topological polar surface area (TPSA) is 53.6 Å². The number of nitrogens with one attached hydrogen (secondary N) is 2. The van der Waals surface area contributed by atoms with Crippen LogP contribution in [0.25, 0.3) is 11.3 Å². The third-order valence-corrected chi connectivity index (χ3v) is 2.45. The SMILES string of the molecule is CCCNCc1cn[nH]c1-c1cncc(F)c1. The van der Waals surface area contributed by atoms with Crippen molar-refractivity contribution in [2.45, 2.75) is 19.9 Å². The summed E-state index contributed by atoms with van der Waals surface area (Å²) in [6, 6.07) is 1.45. The number of H-pyrrole nitrogens is 1. The molecule has 0 unspecified atom stereocenters. The van der Waals surface area contributed by atoms with Crippen LogP contribution in [0.3, 0.4) is 0 Å². The zero-order valence-electron chi connectivity index (χ0n) is 9.70. The summed E-state index contributed by atoms with van der Waals surface area (Å²) >= 11 is 0. The Morgan fingerprint density at radius 2 is 2.24 bits per heavy atom. The molecule has 0 spiro atoms. The molecular weight excluding hydrogens is 219 g/mol. The van der Waals surface area contributed by atoms with Crippen LogP contribution < -0.4 is 5.32 Å². The lowest BCUT2D eigenvalue weighted by atomic mass is 10.1. The average Bonchev–Trinajstić information content (AvgIpc) is 2.78. The van der Waals surface area contributed by atoms with E-state index < -0.39 is 0 Å². The van der Waals surface area contributed by atoms with E-state index in [-0.39, 0.29) is 5.82 Å². The highest BCUT2D eigenvalue weighted by molar-refractivity contribution is 5.61.